The van der Waals surface area contributed by atoms with Crippen molar-refractivity contribution in [2.24, 2.45) is 0 Å². The number of rotatable bonds is 12. The standard InChI is InChI=1S/C28H32FN3O5S2/c1-5-37-26-9-7-6-8-25(26)32(39(35,36)24-16-14-23(38-4)15-17-24)19-27(33)31(20(2)28(34)30-3)18-21-10-12-22(29)13-11-21/h6-17,20H,5,18-19H2,1-4H3,(H,30,34)/t20-/m0/s1. The summed E-state index contributed by atoms with van der Waals surface area (Å²) in [5.74, 6) is -1.19. The third-order valence-corrected chi connectivity index (χ3v) is 8.56. The molecule has 8 nitrogen and oxygen atoms in total. The molecule has 0 saturated carbocycles. The van der Waals surface area contributed by atoms with Gasteiger partial charge in [-0.1, -0.05) is 24.3 Å². The number of nitrogens with one attached hydrogen (secondary N) is 1. The van der Waals surface area contributed by atoms with E-state index in [4.69, 9.17) is 4.74 Å². The number of nitrogens with zero attached hydrogens (tertiary/aromatic N) is 2. The Kier molecular flexibility index (Phi) is 10.4. The van der Waals surface area contributed by atoms with Crippen LogP contribution in [0.2, 0.25) is 0 Å². The van der Waals surface area contributed by atoms with Gasteiger partial charge in [0.05, 0.1) is 17.2 Å². The van der Waals surface area contributed by atoms with E-state index in [0.29, 0.717) is 11.3 Å². The Labute approximate surface area is 233 Å². The number of hydrogen-bond donors (Lipinski definition) is 1. The molecule has 208 valence electrons. The van der Waals surface area contributed by atoms with Crippen LogP contribution in [0, 0.1) is 5.82 Å². The molecule has 3 aromatic rings. The van der Waals surface area contributed by atoms with E-state index in [1.54, 1.807) is 50.2 Å². The molecule has 0 aliphatic rings. The lowest BCUT2D eigenvalue weighted by molar-refractivity contribution is -0.139. The van der Waals surface area contributed by atoms with E-state index < -0.39 is 40.2 Å². The van der Waals surface area contributed by atoms with Crippen molar-refractivity contribution in [3.05, 3.63) is 84.2 Å². The van der Waals surface area contributed by atoms with Crippen molar-refractivity contribution in [1.82, 2.24) is 10.2 Å². The number of likely N-dealkylation sites (N-methyl/N-ethyl adjacent to an activating group) is 1. The molecule has 0 fully saturated rings. The fourth-order valence-electron chi connectivity index (χ4n) is 3.91. The van der Waals surface area contributed by atoms with E-state index >= 15 is 0 Å². The molecule has 1 N–H and O–H groups in total. The molecule has 0 aromatic heterocycles. The van der Waals surface area contributed by atoms with E-state index in [2.05, 4.69) is 5.32 Å². The van der Waals surface area contributed by atoms with Crippen LogP contribution in [0.1, 0.15) is 19.4 Å². The number of benzene rings is 3. The van der Waals surface area contributed by atoms with Gasteiger partial charge in [-0.25, -0.2) is 12.8 Å². The van der Waals surface area contributed by atoms with Gasteiger partial charge < -0.3 is 15.0 Å². The lowest BCUT2D eigenvalue weighted by atomic mass is 10.1. The van der Waals surface area contributed by atoms with Gasteiger partial charge >= 0.3 is 0 Å². The normalized spacial score (nSPS) is 11.9. The summed E-state index contributed by atoms with van der Waals surface area (Å²) in [6.45, 7) is 2.98. The molecule has 2 amide bonds. The van der Waals surface area contributed by atoms with Crippen molar-refractivity contribution in [3.63, 3.8) is 0 Å². The first-order valence-electron chi connectivity index (χ1n) is 12.3. The van der Waals surface area contributed by atoms with Crippen LogP contribution in [0.4, 0.5) is 10.1 Å². The van der Waals surface area contributed by atoms with Gasteiger partial charge in [0.2, 0.25) is 11.8 Å². The SMILES string of the molecule is CCOc1ccccc1N(CC(=O)N(Cc1ccc(F)cc1)[C@@H](C)C(=O)NC)S(=O)(=O)c1ccc(SC)cc1. The Hall–Kier alpha value is -3.57. The van der Waals surface area contributed by atoms with Crippen LogP contribution in [-0.4, -0.2) is 57.6 Å². The van der Waals surface area contributed by atoms with Crippen LogP contribution in [0.3, 0.4) is 0 Å². The minimum atomic E-state index is -4.23. The number of sulfonamides is 1. The molecule has 11 heteroatoms. The molecule has 39 heavy (non-hydrogen) atoms. The summed E-state index contributed by atoms with van der Waals surface area (Å²) in [6, 6.07) is 17.6. The number of anilines is 1. The molecular weight excluding hydrogens is 541 g/mol. The van der Waals surface area contributed by atoms with Gasteiger partial charge in [0, 0.05) is 18.5 Å². The Balaban J connectivity index is 2.08. The quantitative estimate of drug-likeness (QED) is 0.325. The van der Waals surface area contributed by atoms with Crippen LogP contribution in [-0.2, 0) is 26.2 Å². The number of thioether (sulfide) groups is 1. The summed E-state index contributed by atoms with van der Waals surface area (Å²) < 4.78 is 48.1. The lowest BCUT2D eigenvalue weighted by Crippen LogP contribution is -2.50. The zero-order chi connectivity index (χ0) is 28.6. The number of hydrogen-bond acceptors (Lipinski definition) is 6. The summed E-state index contributed by atoms with van der Waals surface area (Å²) in [5.41, 5.74) is 0.772. The average Bonchev–Trinajstić information content (AvgIpc) is 2.95. The number of amides is 2. The lowest BCUT2D eigenvalue weighted by Gasteiger charge is -2.32. The molecule has 0 bridgehead atoms. The minimum Gasteiger partial charge on any atom is -0.492 e. The van der Waals surface area contributed by atoms with Crippen molar-refractivity contribution in [2.45, 2.75) is 36.2 Å². The first-order chi connectivity index (χ1) is 18.6. The van der Waals surface area contributed by atoms with Gasteiger partial charge in [0.1, 0.15) is 24.2 Å². The summed E-state index contributed by atoms with van der Waals surface area (Å²) in [5, 5.41) is 2.53. The molecule has 3 rings (SSSR count). The predicted molar refractivity (Wildman–Crippen MR) is 151 cm³/mol. The molecule has 0 unspecified atom stereocenters. The second-order valence-electron chi connectivity index (χ2n) is 8.53. The fraction of sp³-hybridized carbons (Fsp3) is 0.286. The molecule has 0 aliphatic carbocycles. The van der Waals surface area contributed by atoms with E-state index in [0.717, 1.165) is 9.20 Å². The van der Waals surface area contributed by atoms with Gasteiger partial charge in [-0.05, 0) is 74.2 Å². The van der Waals surface area contributed by atoms with E-state index in [1.165, 1.54) is 60.1 Å². The van der Waals surface area contributed by atoms with E-state index in [-0.39, 0.29) is 23.7 Å². The molecule has 3 aromatic carbocycles. The minimum absolute atomic E-state index is 0.00355. The zero-order valence-corrected chi connectivity index (χ0v) is 23.9. The number of para-hydroxylation sites is 2. The second-order valence-corrected chi connectivity index (χ2v) is 11.3. The highest BCUT2D eigenvalue weighted by Crippen LogP contribution is 2.33. The number of carbonyl (C=O) groups is 2. The Morgan fingerprint density at radius 2 is 1.67 bits per heavy atom. The highest BCUT2D eigenvalue weighted by molar-refractivity contribution is 7.98. The smallest absolute Gasteiger partial charge is 0.264 e. The number of carbonyl (C=O) groups excluding carboxylic acids is 2. The third kappa shape index (κ3) is 7.30. The van der Waals surface area contributed by atoms with Crippen molar-refractivity contribution in [3.8, 4) is 5.75 Å². The van der Waals surface area contributed by atoms with E-state index in [1.807, 2.05) is 6.26 Å². The van der Waals surface area contributed by atoms with Crippen molar-refractivity contribution in [1.29, 1.82) is 0 Å². The molecule has 0 radical (unpaired) electrons. The maximum atomic E-state index is 14.0. The van der Waals surface area contributed by atoms with Crippen LogP contribution < -0.4 is 14.4 Å². The fourth-order valence-corrected chi connectivity index (χ4v) is 5.74. The zero-order valence-electron chi connectivity index (χ0n) is 22.3. The maximum Gasteiger partial charge on any atom is 0.264 e. The monoisotopic (exact) mass is 573 g/mol. The Morgan fingerprint density at radius 3 is 2.26 bits per heavy atom. The van der Waals surface area contributed by atoms with Gasteiger partial charge in [-0.3, -0.25) is 13.9 Å². The van der Waals surface area contributed by atoms with Gasteiger partial charge in [0.25, 0.3) is 10.0 Å². The molecule has 0 spiro atoms. The predicted octanol–water partition coefficient (Wildman–Crippen LogP) is 4.30. The topological polar surface area (TPSA) is 96.0 Å². The summed E-state index contributed by atoms with van der Waals surface area (Å²) in [7, 11) is -2.78. The summed E-state index contributed by atoms with van der Waals surface area (Å²) >= 11 is 1.48. The first kappa shape index (κ1) is 30.0. The third-order valence-electron chi connectivity index (χ3n) is 6.04. The maximum absolute atomic E-state index is 14.0. The molecule has 1 atom stereocenters. The van der Waals surface area contributed by atoms with Crippen molar-refractivity contribution >= 4 is 39.3 Å². The van der Waals surface area contributed by atoms with Crippen molar-refractivity contribution < 1.29 is 27.1 Å². The highest BCUT2D eigenvalue weighted by Gasteiger charge is 2.33. The average molecular weight is 574 g/mol. The molecule has 0 aliphatic heterocycles. The van der Waals surface area contributed by atoms with Gasteiger partial charge in [-0.2, -0.15) is 0 Å². The van der Waals surface area contributed by atoms with Crippen LogP contribution in [0.25, 0.3) is 0 Å². The molecule has 0 saturated heterocycles. The van der Waals surface area contributed by atoms with Gasteiger partial charge in [0.15, 0.2) is 0 Å². The number of halogens is 1. The first-order valence-corrected chi connectivity index (χ1v) is 14.9. The van der Waals surface area contributed by atoms with Crippen LogP contribution >= 0.6 is 11.8 Å². The highest BCUT2D eigenvalue weighted by atomic mass is 32.2. The summed E-state index contributed by atoms with van der Waals surface area (Å²) in [4.78, 5) is 28.5. The van der Waals surface area contributed by atoms with Crippen molar-refractivity contribution in [2.75, 3.05) is 30.8 Å². The van der Waals surface area contributed by atoms with Crippen LogP contribution in [0.15, 0.2) is 82.6 Å². The summed E-state index contributed by atoms with van der Waals surface area (Å²) in [6.07, 6.45) is 1.89. The molecule has 0 heterocycles. The second kappa shape index (κ2) is 13.5. The largest absolute Gasteiger partial charge is 0.492 e. The van der Waals surface area contributed by atoms with E-state index in [9.17, 15) is 22.4 Å². The Bertz CT molecular complexity index is 1380. The van der Waals surface area contributed by atoms with Gasteiger partial charge in [-0.15, -0.1) is 11.8 Å². The number of ether oxygens (including phenoxy) is 1. The van der Waals surface area contributed by atoms with Crippen LogP contribution in [0.5, 0.6) is 5.75 Å². The Morgan fingerprint density at radius 1 is 1.03 bits per heavy atom. The molecular formula is C28H32FN3O5S2.